The summed E-state index contributed by atoms with van der Waals surface area (Å²) >= 11 is 0. The molecule has 21 heavy (non-hydrogen) atoms. The van der Waals surface area contributed by atoms with Crippen LogP contribution >= 0.6 is 0 Å². The molecule has 0 saturated carbocycles. The van der Waals surface area contributed by atoms with E-state index in [1.807, 2.05) is 0 Å². The molecule has 1 aliphatic heterocycles. The minimum absolute atomic E-state index is 0.0812. The van der Waals surface area contributed by atoms with Crippen LogP contribution in [0.3, 0.4) is 0 Å². The Morgan fingerprint density at radius 3 is 2.95 bits per heavy atom. The summed E-state index contributed by atoms with van der Waals surface area (Å²) in [6, 6.07) is 4.68. The van der Waals surface area contributed by atoms with Gasteiger partial charge in [-0.1, -0.05) is 6.92 Å². The van der Waals surface area contributed by atoms with Crippen LogP contribution in [0, 0.1) is 16.0 Å². The maximum atomic E-state index is 10.9. The number of likely N-dealkylation sites (tertiary alicyclic amines) is 1. The molecule has 0 spiro atoms. The Morgan fingerprint density at radius 1 is 1.57 bits per heavy atom. The van der Waals surface area contributed by atoms with Crippen LogP contribution in [0.4, 0.5) is 11.4 Å². The zero-order chi connectivity index (χ0) is 15.4. The predicted molar refractivity (Wildman–Crippen MR) is 80.8 cm³/mol. The number of nitrogens with zero attached hydrogens (tertiary/aromatic N) is 2. The van der Waals surface area contributed by atoms with Crippen LogP contribution in [-0.2, 0) is 11.3 Å². The fourth-order valence-corrected chi connectivity index (χ4v) is 2.75. The molecular weight excluding hydrogens is 272 g/mol. The van der Waals surface area contributed by atoms with Gasteiger partial charge in [-0.3, -0.25) is 20.9 Å². The van der Waals surface area contributed by atoms with Gasteiger partial charge in [0.15, 0.2) is 0 Å². The van der Waals surface area contributed by atoms with Gasteiger partial charge in [0.2, 0.25) is 0 Å². The summed E-state index contributed by atoms with van der Waals surface area (Å²) in [5, 5.41) is 10.9. The van der Waals surface area contributed by atoms with Crippen molar-refractivity contribution in [2.45, 2.75) is 26.0 Å². The van der Waals surface area contributed by atoms with Crippen molar-refractivity contribution >= 4 is 11.4 Å². The standard InChI is InChI=1S/C14H22N4O3/c1-10-5-6-17(9-14(10)21-2)8-11-7-12(18(19)20)3-4-13(11)16-15/h3-4,7,10,14,16H,5-6,8-9,15H2,1-2H3. The molecule has 0 bridgehead atoms. The summed E-state index contributed by atoms with van der Waals surface area (Å²) in [5.41, 5.74) is 4.23. The van der Waals surface area contributed by atoms with Gasteiger partial charge in [0.25, 0.3) is 5.69 Å². The normalized spacial score (nSPS) is 23.0. The zero-order valence-electron chi connectivity index (χ0n) is 12.4. The van der Waals surface area contributed by atoms with E-state index in [0.29, 0.717) is 18.2 Å². The molecule has 2 atom stereocenters. The molecule has 1 heterocycles. The molecule has 3 N–H and O–H groups in total. The maximum Gasteiger partial charge on any atom is 0.269 e. The van der Waals surface area contributed by atoms with Crippen molar-refractivity contribution in [3.63, 3.8) is 0 Å². The second-order valence-corrected chi connectivity index (χ2v) is 5.52. The topological polar surface area (TPSA) is 93.7 Å². The number of hydrogen-bond acceptors (Lipinski definition) is 6. The molecule has 1 fully saturated rings. The van der Waals surface area contributed by atoms with Gasteiger partial charge in [-0.15, -0.1) is 0 Å². The summed E-state index contributed by atoms with van der Waals surface area (Å²) in [6.45, 7) is 4.58. The number of methoxy groups -OCH3 is 1. The SMILES string of the molecule is COC1CN(Cc2cc([N+](=O)[O-])ccc2NN)CCC1C. The van der Waals surface area contributed by atoms with Gasteiger partial charge in [-0.2, -0.15) is 0 Å². The number of hydrogen-bond donors (Lipinski definition) is 2. The van der Waals surface area contributed by atoms with E-state index in [9.17, 15) is 10.1 Å². The van der Waals surface area contributed by atoms with Gasteiger partial charge in [-0.05, 0) is 30.5 Å². The van der Waals surface area contributed by atoms with Crippen LogP contribution in [0.25, 0.3) is 0 Å². The molecule has 0 radical (unpaired) electrons. The van der Waals surface area contributed by atoms with Gasteiger partial charge in [0, 0.05) is 32.3 Å². The highest BCUT2D eigenvalue weighted by Crippen LogP contribution is 2.26. The largest absolute Gasteiger partial charge is 0.380 e. The van der Waals surface area contributed by atoms with Gasteiger partial charge in [0.1, 0.15) is 0 Å². The smallest absolute Gasteiger partial charge is 0.269 e. The summed E-state index contributed by atoms with van der Waals surface area (Å²) in [7, 11) is 1.73. The third kappa shape index (κ3) is 3.69. The van der Waals surface area contributed by atoms with E-state index in [-0.39, 0.29) is 16.7 Å². The molecule has 0 aliphatic carbocycles. The minimum atomic E-state index is -0.389. The van der Waals surface area contributed by atoms with E-state index in [1.54, 1.807) is 19.2 Å². The third-order valence-corrected chi connectivity index (χ3v) is 4.13. The Kier molecular flexibility index (Phi) is 5.11. The number of non-ortho nitro benzene ring substituents is 1. The molecule has 2 rings (SSSR count). The van der Waals surface area contributed by atoms with Crippen molar-refractivity contribution in [1.29, 1.82) is 0 Å². The second-order valence-electron chi connectivity index (χ2n) is 5.52. The first-order valence-corrected chi connectivity index (χ1v) is 7.04. The van der Waals surface area contributed by atoms with E-state index >= 15 is 0 Å². The van der Waals surface area contributed by atoms with E-state index in [4.69, 9.17) is 10.6 Å². The number of hydrazine groups is 1. The average Bonchev–Trinajstić information content (AvgIpc) is 2.49. The first-order chi connectivity index (χ1) is 10.0. The average molecular weight is 294 g/mol. The number of benzene rings is 1. The summed E-state index contributed by atoms with van der Waals surface area (Å²) in [5.74, 6) is 6.03. The molecule has 0 amide bonds. The monoisotopic (exact) mass is 294 g/mol. The van der Waals surface area contributed by atoms with Gasteiger partial charge in [-0.25, -0.2) is 0 Å². The molecule has 7 heteroatoms. The molecule has 0 aromatic heterocycles. The van der Waals surface area contributed by atoms with Crippen molar-refractivity contribution in [2.75, 3.05) is 25.6 Å². The van der Waals surface area contributed by atoms with Crippen molar-refractivity contribution in [3.05, 3.63) is 33.9 Å². The van der Waals surface area contributed by atoms with Crippen LogP contribution in [0.15, 0.2) is 18.2 Å². The van der Waals surface area contributed by atoms with Crippen molar-refractivity contribution in [2.24, 2.45) is 11.8 Å². The highest BCUT2D eigenvalue weighted by Gasteiger charge is 2.26. The second kappa shape index (κ2) is 6.84. The summed E-state index contributed by atoms with van der Waals surface area (Å²) < 4.78 is 5.50. The lowest BCUT2D eigenvalue weighted by molar-refractivity contribution is -0.384. The van der Waals surface area contributed by atoms with E-state index < -0.39 is 0 Å². The predicted octanol–water partition coefficient (Wildman–Crippen LogP) is 1.74. The highest BCUT2D eigenvalue weighted by molar-refractivity contribution is 5.55. The molecule has 7 nitrogen and oxygen atoms in total. The minimum Gasteiger partial charge on any atom is -0.380 e. The number of nitro groups is 1. The van der Waals surface area contributed by atoms with Crippen LogP contribution in [-0.4, -0.2) is 36.1 Å². The summed E-state index contributed by atoms with van der Waals surface area (Å²) in [6.07, 6.45) is 1.26. The first-order valence-electron chi connectivity index (χ1n) is 7.04. The highest BCUT2D eigenvalue weighted by atomic mass is 16.6. The lowest BCUT2D eigenvalue weighted by Gasteiger charge is -2.36. The Balaban J connectivity index is 2.14. The lowest BCUT2D eigenvalue weighted by Crippen LogP contribution is -2.43. The first kappa shape index (κ1) is 15.7. The number of rotatable bonds is 5. The van der Waals surface area contributed by atoms with E-state index in [0.717, 1.165) is 25.1 Å². The summed E-state index contributed by atoms with van der Waals surface area (Å²) in [4.78, 5) is 12.8. The fraction of sp³-hybridized carbons (Fsp3) is 0.571. The van der Waals surface area contributed by atoms with Gasteiger partial charge in [0.05, 0.1) is 16.7 Å². The number of nitrogen functional groups attached to an aromatic ring is 1. The Bertz CT molecular complexity index is 509. The number of nitro benzene ring substituents is 1. The van der Waals surface area contributed by atoms with E-state index in [2.05, 4.69) is 17.2 Å². The van der Waals surface area contributed by atoms with Crippen LogP contribution < -0.4 is 11.3 Å². The zero-order valence-corrected chi connectivity index (χ0v) is 12.4. The Labute approximate surface area is 124 Å². The molecule has 1 aromatic carbocycles. The quantitative estimate of drug-likeness (QED) is 0.488. The van der Waals surface area contributed by atoms with Crippen molar-refractivity contribution in [3.8, 4) is 0 Å². The van der Waals surface area contributed by atoms with Crippen molar-refractivity contribution < 1.29 is 9.66 Å². The fourth-order valence-electron chi connectivity index (χ4n) is 2.75. The number of nitrogens with two attached hydrogens (primary N) is 1. The Morgan fingerprint density at radius 2 is 2.33 bits per heavy atom. The maximum absolute atomic E-state index is 10.9. The van der Waals surface area contributed by atoms with Crippen LogP contribution in [0.1, 0.15) is 18.9 Å². The molecule has 116 valence electrons. The van der Waals surface area contributed by atoms with Crippen LogP contribution in [0.2, 0.25) is 0 Å². The lowest BCUT2D eigenvalue weighted by atomic mass is 9.95. The molecule has 1 aromatic rings. The Hall–Kier alpha value is -1.70. The van der Waals surface area contributed by atoms with E-state index in [1.165, 1.54) is 6.07 Å². The molecule has 1 aliphatic rings. The number of piperidine rings is 1. The molecule has 2 unspecified atom stereocenters. The number of anilines is 1. The van der Waals surface area contributed by atoms with Crippen LogP contribution in [0.5, 0.6) is 0 Å². The molecule has 1 saturated heterocycles. The van der Waals surface area contributed by atoms with Crippen molar-refractivity contribution in [1.82, 2.24) is 4.90 Å². The molecular formula is C14H22N4O3. The van der Waals surface area contributed by atoms with Gasteiger partial charge >= 0.3 is 0 Å². The number of nitrogens with one attached hydrogen (secondary N) is 1. The van der Waals surface area contributed by atoms with Gasteiger partial charge < -0.3 is 10.2 Å². The third-order valence-electron chi connectivity index (χ3n) is 4.13. The number of ether oxygens (including phenoxy) is 1.